The van der Waals surface area contributed by atoms with Gasteiger partial charge in [-0.2, -0.15) is 0 Å². The largest absolute Gasteiger partial charge is 0.480 e. The number of carboxylic acids is 1. The Morgan fingerprint density at radius 3 is 2.75 bits per heavy atom. The van der Waals surface area contributed by atoms with Crippen molar-refractivity contribution in [2.24, 2.45) is 0 Å². The van der Waals surface area contributed by atoms with Crippen molar-refractivity contribution < 1.29 is 19.4 Å². The number of benzene rings is 1. The quantitative estimate of drug-likeness (QED) is 0.749. The Hall–Kier alpha value is -1.59. The van der Waals surface area contributed by atoms with Crippen molar-refractivity contribution in [2.45, 2.75) is 19.8 Å². The predicted octanol–water partition coefficient (Wildman–Crippen LogP) is 2.57. The molecule has 20 heavy (non-hydrogen) atoms. The molecule has 0 saturated carbocycles. The molecule has 5 nitrogen and oxygen atoms in total. The molecule has 6 heteroatoms. The average Bonchev–Trinajstić information content (AvgIpc) is 2.40. The Kier molecular flexibility index (Phi) is 7.04. The number of carboxylic acid groups (broad SMARTS) is 1. The molecule has 0 atom stereocenters. The number of aliphatic carboxylic acids is 1. The molecule has 0 heterocycles. The zero-order valence-electron chi connectivity index (χ0n) is 11.3. The maximum absolute atomic E-state index is 12.1. The van der Waals surface area contributed by atoms with Crippen molar-refractivity contribution in [3.8, 4) is 0 Å². The van der Waals surface area contributed by atoms with Crippen molar-refractivity contribution in [1.82, 2.24) is 0 Å². The summed E-state index contributed by atoms with van der Waals surface area (Å²) in [5, 5.41) is 9.38. The molecular formula is C14H18ClNO4. The zero-order chi connectivity index (χ0) is 15.0. The van der Waals surface area contributed by atoms with E-state index < -0.39 is 5.97 Å². The van der Waals surface area contributed by atoms with Crippen LogP contribution in [0.5, 0.6) is 0 Å². The van der Waals surface area contributed by atoms with Crippen LogP contribution in [-0.2, 0) is 14.3 Å². The average molecular weight is 300 g/mol. The number of hydrogen-bond acceptors (Lipinski definition) is 3. The number of halogens is 1. The molecule has 0 unspecified atom stereocenters. The number of hydrogen-bond donors (Lipinski definition) is 1. The number of anilines is 1. The molecule has 1 N–H and O–H groups in total. The normalized spacial score (nSPS) is 10.3. The highest BCUT2D eigenvalue weighted by molar-refractivity contribution is 6.30. The van der Waals surface area contributed by atoms with Crippen LogP contribution in [0.15, 0.2) is 24.3 Å². The molecule has 0 aliphatic carbocycles. The maximum atomic E-state index is 12.1. The summed E-state index contributed by atoms with van der Waals surface area (Å²) in [6.45, 7) is 2.58. The lowest BCUT2D eigenvalue weighted by Gasteiger charge is -2.21. The Labute approximate surface area is 123 Å². The summed E-state index contributed by atoms with van der Waals surface area (Å²) in [7, 11) is 0. The fraction of sp³-hybridized carbons (Fsp3) is 0.429. The van der Waals surface area contributed by atoms with Crippen LogP contribution in [0, 0.1) is 0 Å². The number of carbonyl (C=O) groups excluding carboxylic acids is 1. The second-order valence-electron chi connectivity index (χ2n) is 4.15. The highest BCUT2D eigenvalue weighted by Gasteiger charge is 2.18. The Morgan fingerprint density at radius 2 is 2.15 bits per heavy atom. The lowest BCUT2D eigenvalue weighted by molar-refractivity contribution is -0.136. The molecule has 0 fully saturated rings. The smallest absolute Gasteiger partial charge is 0.323 e. The van der Waals surface area contributed by atoms with Crippen LogP contribution < -0.4 is 4.90 Å². The summed E-state index contributed by atoms with van der Waals surface area (Å²) in [6.07, 6.45) is 0.795. The van der Waals surface area contributed by atoms with Crippen molar-refractivity contribution in [3.05, 3.63) is 29.3 Å². The molecule has 1 aromatic carbocycles. The lowest BCUT2D eigenvalue weighted by Crippen LogP contribution is -2.35. The summed E-state index contributed by atoms with van der Waals surface area (Å²) in [5.41, 5.74) is 0.487. The van der Waals surface area contributed by atoms with Gasteiger partial charge in [0.1, 0.15) is 6.54 Å². The van der Waals surface area contributed by atoms with Gasteiger partial charge in [-0.1, -0.05) is 17.7 Å². The third-order valence-corrected chi connectivity index (χ3v) is 2.83. The SMILES string of the molecule is CCOCCCC(=O)N(CC(=O)O)c1cccc(Cl)c1. The van der Waals surface area contributed by atoms with Crippen LogP contribution in [0.2, 0.25) is 5.02 Å². The molecule has 1 amide bonds. The molecule has 1 rings (SSSR count). The molecule has 110 valence electrons. The lowest BCUT2D eigenvalue weighted by atomic mass is 10.2. The second-order valence-corrected chi connectivity index (χ2v) is 4.59. The standard InChI is InChI=1S/C14H18ClNO4/c1-2-20-8-4-7-13(17)16(10-14(18)19)12-6-3-5-11(15)9-12/h3,5-6,9H,2,4,7-8,10H2,1H3,(H,18,19). The third-order valence-electron chi connectivity index (χ3n) is 2.60. The topological polar surface area (TPSA) is 66.8 Å². The molecule has 0 spiro atoms. The first-order valence-corrected chi connectivity index (χ1v) is 6.78. The van der Waals surface area contributed by atoms with E-state index in [0.29, 0.717) is 30.3 Å². The van der Waals surface area contributed by atoms with E-state index in [2.05, 4.69) is 0 Å². The summed E-state index contributed by atoms with van der Waals surface area (Å²) in [5.74, 6) is -1.32. The van der Waals surface area contributed by atoms with Crippen LogP contribution in [-0.4, -0.2) is 36.7 Å². The first-order chi connectivity index (χ1) is 9.54. The maximum Gasteiger partial charge on any atom is 0.323 e. The molecule has 1 aromatic rings. The molecule has 0 radical (unpaired) electrons. The number of ether oxygens (including phenoxy) is 1. The van der Waals surface area contributed by atoms with E-state index in [4.69, 9.17) is 21.4 Å². The minimum absolute atomic E-state index is 0.236. The van der Waals surface area contributed by atoms with Gasteiger partial charge in [0.25, 0.3) is 0 Å². The van der Waals surface area contributed by atoms with Crippen molar-refractivity contribution in [1.29, 1.82) is 0 Å². The number of rotatable bonds is 8. The summed E-state index contributed by atoms with van der Waals surface area (Å²) in [6, 6.07) is 6.59. The molecule has 0 aromatic heterocycles. The van der Waals surface area contributed by atoms with Crippen LogP contribution >= 0.6 is 11.6 Å². The van der Waals surface area contributed by atoms with Gasteiger partial charge >= 0.3 is 5.97 Å². The molecule has 0 bridgehead atoms. The van der Waals surface area contributed by atoms with Gasteiger partial charge < -0.3 is 14.7 Å². The summed E-state index contributed by atoms with van der Waals surface area (Å²) >= 11 is 5.87. The number of carbonyl (C=O) groups is 2. The molecule has 0 saturated heterocycles. The first kappa shape index (κ1) is 16.5. The highest BCUT2D eigenvalue weighted by atomic mass is 35.5. The van der Waals surface area contributed by atoms with Gasteiger partial charge in [-0.25, -0.2) is 0 Å². The van der Waals surface area contributed by atoms with Gasteiger partial charge in [-0.15, -0.1) is 0 Å². The van der Waals surface area contributed by atoms with E-state index in [1.165, 1.54) is 4.90 Å². The van der Waals surface area contributed by atoms with E-state index in [0.717, 1.165) is 0 Å². The zero-order valence-corrected chi connectivity index (χ0v) is 12.1. The van der Waals surface area contributed by atoms with Crippen molar-refractivity contribution in [2.75, 3.05) is 24.7 Å². The van der Waals surface area contributed by atoms with Gasteiger partial charge in [0.2, 0.25) is 5.91 Å². The fourth-order valence-corrected chi connectivity index (χ4v) is 1.89. The van der Waals surface area contributed by atoms with Gasteiger partial charge in [0.05, 0.1) is 0 Å². The second kappa shape index (κ2) is 8.55. The summed E-state index contributed by atoms with van der Waals surface area (Å²) < 4.78 is 5.16. The van der Waals surface area contributed by atoms with Crippen LogP contribution in [0.4, 0.5) is 5.69 Å². The minimum atomic E-state index is -1.07. The highest BCUT2D eigenvalue weighted by Crippen LogP contribution is 2.20. The van der Waals surface area contributed by atoms with Crippen LogP contribution in [0.1, 0.15) is 19.8 Å². The monoisotopic (exact) mass is 299 g/mol. The van der Waals surface area contributed by atoms with E-state index in [9.17, 15) is 9.59 Å². The van der Waals surface area contributed by atoms with Crippen molar-refractivity contribution >= 4 is 29.2 Å². The van der Waals surface area contributed by atoms with E-state index in [1.54, 1.807) is 24.3 Å². The van der Waals surface area contributed by atoms with Gasteiger partial charge in [-0.3, -0.25) is 9.59 Å². The van der Waals surface area contributed by atoms with Crippen LogP contribution in [0.25, 0.3) is 0 Å². The molecule has 0 aliphatic rings. The van der Waals surface area contributed by atoms with E-state index in [-0.39, 0.29) is 18.9 Å². The van der Waals surface area contributed by atoms with Crippen molar-refractivity contribution in [3.63, 3.8) is 0 Å². The minimum Gasteiger partial charge on any atom is -0.480 e. The van der Waals surface area contributed by atoms with E-state index >= 15 is 0 Å². The molecule has 0 aliphatic heterocycles. The number of amides is 1. The predicted molar refractivity (Wildman–Crippen MR) is 77.2 cm³/mol. The summed E-state index contributed by atoms with van der Waals surface area (Å²) in [4.78, 5) is 24.2. The fourth-order valence-electron chi connectivity index (χ4n) is 1.71. The Bertz CT molecular complexity index is 464. The third kappa shape index (κ3) is 5.59. The van der Waals surface area contributed by atoms with Gasteiger partial charge in [0, 0.05) is 30.3 Å². The first-order valence-electron chi connectivity index (χ1n) is 6.40. The van der Waals surface area contributed by atoms with Gasteiger partial charge in [-0.05, 0) is 31.5 Å². The number of nitrogens with zero attached hydrogens (tertiary/aromatic N) is 1. The van der Waals surface area contributed by atoms with Crippen LogP contribution in [0.3, 0.4) is 0 Å². The van der Waals surface area contributed by atoms with E-state index in [1.807, 2.05) is 6.92 Å². The Balaban J connectivity index is 2.73. The van der Waals surface area contributed by atoms with Gasteiger partial charge in [0.15, 0.2) is 0 Å². The molecular weight excluding hydrogens is 282 g/mol. The Morgan fingerprint density at radius 1 is 1.40 bits per heavy atom.